The normalized spacial score (nSPS) is 10.7. The number of aromatic nitrogens is 2. The number of hydrogen-bond acceptors (Lipinski definition) is 6. The van der Waals surface area contributed by atoms with Gasteiger partial charge >= 0.3 is 0 Å². The van der Waals surface area contributed by atoms with Crippen molar-refractivity contribution in [1.29, 1.82) is 0 Å². The minimum atomic E-state index is -0.694. The number of primary amides is 2. The van der Waals surface area contributed by atoms with Crippen molar-refractivity contribution < 1.29 is 19.2 Å². The Hall–Kier alpha value is -4.98. The second-order valence-corrected chi connectivity index (χ2v) is 9.04. The lowest BCUT2D eigenvalue weighted by atomic mass is 9.85. The summed E-state index contributed by atoms with van der Waals surface area (Å²) in [4.78, 5) is 56.1. The van der Waals surface area contributed by atoms with Crippen molar-refractivity contribution in [3.63, 3.8) is 0 Å². The maximum Gasteiger partial charge on any atom is 0.267 e. The number of rotatable bonds is 7. The van der Waals surface area contributed by atoms with Crippen LogP contribution in [0.3, 0.4) is 0 Å². The first-order chi connectivity index (χ1) is 18.1. The highest BCUT2D eigenvalue weighted by Crippen LogP contribution is 2.40. The molecule has 4 rings (SSSR count). The molecule has 0 unspecified atom stereocenters. The van der Waals surface area contributed by atoms with Gasteiger partial charge in [-0.1, -0.05) is 36.4 Å². The van der Waals surface area contributed by atoms with Gasteiger partial charge in [-0.15, -0.1) is 0 Å². The Morgan fingerprint density at radius 2 is 0.947 bits per heavy atom. The van der Waals surface area contributed by atoms with E-state index < -0.39 is 11.8 Å². The van der Waals surface area contributed by atoms with Gasteiger partial charge in [0.15, 0.2) is 12.6 Å². The van der Waals surface area contributed by atoms with Crippen LogP contribution in [0.4, 0.5) is 0 Å². The smallest absolute Gasteiger partial charge is 0.267 e. The van der Waals surface area contributed by atoms with E-state index in [1.807, 2.05) is 50.2 Å². The molecular formula is C30H26N4O4. The molecule has 0 aliphatic heterocycles. The summed E-state index contributed by atoms with van der Waals surface area (Å²) in [5.74, 6) is -1.39. The van der Waals surface area contributed by atoms with Gasteiger partial charge in [-0.05, 0) is 72.2 Å². The fourth-order valence-electron chi connectivity index (χ4n) is 4.90. The van der Waals surface area contributed by atoms with Crippen molar-refractivity contribution in [1.82, 2.24) is 9.97 Å². The Kier molecular flexibility index (Phi) is 6.99. The first-order valence-corrected chi connectivity index (χ1v) is 11.8. The van der Waals surface area contributed by atoms with E-state index in [2.05, 4.69) is 9.97 Å². The summed E-state index contributed by atoms with van der Waals surface area (Å²) >= 11 is 0. The van der Waals surface area contributed by atoms with Crippen molar-refractivity contribution >= 4 is 24.4 Å². The fraction of sp³-hybridized carbons (Fsp3) is 0.133. The molecule has 0 aliphatic rings. The van der Waals surface area contributed by atoms with Gasteiger partial charge in [0.05, 0.1) is 0 Å². The van der Waals surface area contributed by atoms with Crippen molar-refractivity contribution in [3.8, 4) is 33.4 Å². The second kappa shape index (κ2) is 10.2. The molecule has 4 N–H and O–H groups in total. The molecular weight excluding hydrogens is 480 g/mol. The summed E-state index contributed by atoms with van der Waals surface area (Å²) in [6.07, 6.45) is 4.09. The Balaban J connectivity index is 2.01. The predicted molar refractivity (Wildman–Crippen MR) is 145 cm³/mol. The molecule has 0 radical (unpaired) electrons. The molecule has 2 heterocycles. The van der Waals surface area contributed by atoms with E-state index in [9.17, 15) is 19.2 Å². The monoisotopic (exact) mass is 506 g/mol. The van der Waals surface area contributed by atoms with E-state index in [0.29, 0.717) is 57.1 Å². The molecule has 2 amide bonds. The standard InChI is InChI=1S/C30H26N4O4/c1-15-19(13-35)11-33-27(29(31)37)25(15)23-9-5-7-21(17(23)3)22-8-6-10-24(18(22)4)26-16(2)20(14-36)12-34-28(26)30(32)38/h5-14H,1-4H3,(H2,31,37)(H2,32,38). The SMILES string of the molecule is Cc1c(-c2cccc(-c3c(C(N)=O)ncc(C=O)c3C)c2C)cccc1-c1c(C(N)=O)ncc(C=O)c1C. The van der Waals surface area contributed by atoms with Crippen molar-refractivity contribution in [2.24, 2.45) is 11.5 Å². The summed E-state index contributed by atoms with van der Waals surface area (Å²) in [5.41, 5.74) is 19.2. The van der Waals surface area contributed by atoms with Gasteiger partial charge in [-0.25, -0.2) is 9.97 Å². The summed E-state index contributed by atoms with van der Waals surface area (Å²) in [6, 6.07) is 11.3. The minimum absolute atomic E-state index is 0.0808. The number of benzene rings is 2. The van der Waals surface area contributed by atoms with Crippen molar-refractivity contribution in [3.05, 3.63) is 93.6 Å². The first kappa shape index (κ1) is 26.1. The average molecular weight is 507 g/mol. The predicted octanol–water partition coefficient (Wildman–Crippen LogP) is 4.53. The van der Waals surface area contributed by atoms with Gasteiger partial charge in [-0.2, -0.15) is 0 Å². The van der Waals surface area contributed by atoms with Crippen LogP contribution in [0.25, 0.3) is 33.4 Å². The number of nitrogens with two attached hydrogens (primary N) is 2. The highest BCUT2D eigenvalue weighted by Gasteiger charge is 2.23. The molecule has 2 aromatic heterocycles. The lowest BCUT2D eigenvalue weighted by Gasteiger charge is -2.20. The Bertz CT molecular complexity index is 1530. The second-order valence-electron chi connectivity index (χ2n) is 9.04. The highest BCUT2D eigenvalue weighted by atomic mass is 16.1. The van der Waals surface area contributed by atoms with Crippen LogP contribution in [0.1, 0.15) is 63.9 Å². The van der Waals surface area contributed by atoms with Gasteiger partial charge in [0.1, 0.15) is 11.4 Å². The largest absolute Gasteiger partial charge is 0.364 e. The van der Waals surface area contributed by atoms with Crippen molar-refractivity contribution in [2.45, 2.75) is 27.7 Å². The lowest BCUT2D eigenvalue weighted by molar-refractivity contribution is 0.0987. The lowest BCUT2D eigenvalue weighted by Crippen LogP contribution is -2.16. The molecule has 0 saturated carbocycles. The summed E-state index contributed by atoms with van der Waals surface area (Å²) < 4.78 is 0. The van der Waals surface area contributed by atoms with Gasteiger partial charge in [0.25, 0.3) is 11.8 Å². The van der Waals surface area contributed by atoms with Crippen LogP contribution in [0, 0.1) is 27.7 Å². The zero-order chi connectivity index (χ0) is 27.7. The Morgan fingerprint density at radius 1 is 0.605 bits per heavy atom. The molecule has 4 aromatic rings. The van der Waals surface area contributed by atoms with Crippen LogP contribution in [-0.2, 0) is 0 Å². The van der Waals surface area contributed by atoms with Crippen LogP contribution in [-0.4, -0.2) is 34.4 Å². The first-order valence-electron chi connectivity index (χ1n) is 11.8. The highest BCUT2D eigenvalue weighted by molar-refractivity contribution is 6.03. The van der Waals surface area contributed by atoms with Gasteiger partial charge in [0.2, 0.25) is 0 Å². The Morgan fingerprint density at radius 3 is 1.26 bits per heavy atom. The quantitative estimate of drug-likeness (QED) is 0.352. The van der Waals surface area contributed by atoms with Gasteiger partial charge < -0.3 is 11.5 Å². The number of amides is 2. The molecule has 0 spiro atoms. The molecule has 38 heavy (non-hydrogen) atoms. The summed E-state index contributed by atoms with van der Waals surface area (Å²) in [6.45, 7) is 7.35. The molecule has 0 atom stereocenters. The maximum absolute atomic E-state index is 12.2. The van der Waals surface area contributed by atoms with E-state index in [0.717, 1.165) is 22.3 Å². The molecule has 0 bridgehead atoms. The fourth-order valence-corrected chi connectivity index (χ4v) is 4.90. The van der Waals surface area contributed by atoms with Crippen LogP contribution in [0.15, 0.2) is 48.8 Å². The number of pyridine rings is 2. The van der Waals surface area contributed by atoms with Gasteiger partial charge in [-0.3, -0.25) is 19.2 Å². The molecule has 0 saturated heterocycles. The third-order valence-corrected chi connectivity index (χ3v) is 6.97. The molecule has 190 valence electrons. The molecule has 8 nitrogen and oxygen atoms in total. The summed E-state index contributed by atoms with van der Waals surface area (Å²) in [7, 11) is 0. The topological polar surface area (TPSA) is 146 Å². The van der Waals surface area contributed by atoms with Crippen LogP contribution in [0.2, 0.25) is 0 Å². The molecule has 0 fully saturated rings. The number of nitrogens with zero attached hydrogens (tertiary/aromatic N) is 2. The van der Waals surface area contributed by atoms with Crippen molar-refractivity contribution in [2.75, 3.05) is 0 Å². The zero-order valence-electron chi connectivity index (χ0n) is 21.5. The number of carbonyl (C=O) groups excluding carboxylic acids is 4. The van der Waals surface area contributed by atoms with E-state index in [1.54, 1.807) is 13.8 Å². The molecule has 2 aromatic carbocycles. The van der Waals surface area contributed by atoms with E-state index in [-0.39, 0.29) is 11.4 Å². The molecule has 8 heteroatoms. The average Bonchev–Trinajstić information content (AvgIpc) is 2.89. The Labute approximate surface area is 219 Å². The number of aldehydes is 2. The third kappa shape index (κ3) is 4.26. The zero-order valence-corrected chi connectivity index (χ0v) is 21.5. The van der Waals surface area contributed by atoms with Crippen LogP contribution < -0.4 is 11.5 Å². The van der Waals surface area contributed by atoms with E-state index in [4.69, 9.17) is 11.5 Å². The van der Waals surface area contributed by atoms with E-state index >= 15 is 0 Å². The van der Waals surface area contributed by atoms with E-state index in [1.165, 1.54) is 12.4 Å². The minimum Gasteiger partial charge on any atom is -0.364 e. The maximum atomic E-state index is 12.2. The van der Waals surface area contributed by atoms with Crippen LogP contribution >= 0.6 is 0 Å². The summed E-state index contributed by atoms with van der Waals surface area (Å²) in [5, 5.41) is 0. The van der Waals surface area contributed by atoms with Crippen LogP contribution in [0.5, 0.6) is 0 Å². The number of hydrogen-bond donors (Lipinski definition) is 2. The number of carbonyl (C=O) groups is 4. The third-order valence-electron chi connectivity index (χ3n) is 6.97. The van der Waals surface area contributed by atoms with Gasteiger partial charge in [0, 0.05) is 34.6 Å². The molecule has 0 aliphatic carbocycles.